The van der Waals surface area contributed by atoms with E-state index in [0.717, 1.165) is 23.4 Å². The van der Waals surface area contributed by atoms with E-state index in [4.69, 9.17) is 5.14 Å². The number of rotatable bonds is 1. The van der Waals surface area contributed by atoms with E-state index in [-0.39, 0.29) is 5.41 Å². The Morgan fingerprint density at radius 2 is 2.00 bits per heavy atom. The number of nitrogens with zero attached hydrogens (tertiary/aromatic N) is 1. The molecule has 0 heterocycles. The second kappa shape index (κ2) is 4.81. The molecule has 0 unspecified atom stereocenters. The van der Waals surface area contributed by atoms with Crippen LogP contribution >= 0.6 is 12.1 Å². The van der Waals surface area contributed by atoms with Gasteiger partial charge >= 0.3 is 0 Å². The molecule has 82 valence electrons. The molecular weight excluding hydrogens is 204 g/mol. The van der Waals surface area contributed by atoms with Gasteiger partial charge in [0.25, 0.3) is 0 Å². The predicted octanol–water partition coefficient (Wildman–Crippen LogP) is 3.44. The smallest absolute Gasteiger partial charge is 0.0799 e. The lowest BCUT2D eigenvalue weighted by atomic mass is 9.82. The molecule has 2 nitrogen and oxygen atoms in total. The van der Waals surface area contributed by atoms with E-state index >= 15 is 0 Å². The molecule has 0 atom stereocenters. The van der Waals surface area contributed by atoms with Crippen LogP contribution in [0.4, 0.5) is 0 Å². The van der Waals surface area contributed by atoms with Crippen LogP contribution in [0.5, 0.6) is 0 Å². The third-order valence-electron chi connectivity index (χ3n) is 2.36. The first-order chi connectivity index (χ1) is 6.99. The Balaban J connectivity index is 3.09. The minimum atomic E-state index is 0.149. The van der Waals surface area contributed by atoms with Crippen LogP contribution in [-0.2, 0) is 0 Å². The van der Waals surface area contributed by atoms with Crippen LogP contribution in [0.15, 0.2) is 39.8 Å². The van der Waals surface area contributed by atoms with Crippen LogP contribution in [-0.4, -0.2) is 5.71 Å². The van der Waals surface area contributed by atoms with Gasteiger partial charge in [-0.05, 0) is 29.6 Å². The third kappa shape index (κ3) is 3.08. The van der Waals surface area contributed by atoms with Crippen LogP contribution in [0.3, 0.4) is 0 Å². The maximum atomic E-state index is 5.38. The van der Waals surface area contributed by atoms with Crippen LogP contribution in [0, 0.1) is 5.41 Å². The summed E-state index contributed by atoms with van der Waals surface area (Å²) < 4.78 is 4.21. The molecule has 0 aliphatic heterocycles. The van der Waals surface area contributed by atoms with Gasteiger partial charge in [0.1, 0.15) is 0 Å². The van der Waals surface area contributed by atoms with Crippen molar-refractivity contribution in [2.24, 2.45) is 15.0 Å². The molecule has 0 aromatic heterocycles. The highest BCUT2D eigenvalue weighted by Gasteiger charge is 2.18. The van der Waals surface area contributed by atoms with Gasteiger partial charge in [-0.3, -0.25) is 5.14 Å². The Labute approximate surface area is 96.3 Å². The molecule has 2 N–H and O–H groups in total. The van der Waals surface area contributed by atoms with E-state index in [9.17, 15) is 0 Å². The van der Waals surface area contributed by atoms with E-state index in [1.54, 1.807) is 0 Å². The van der Waals surface area contributed by atoms with Crippen molar-refractivity contribution in [3.05, 3.63) is 35.5 Å². The van der Waals surface area contributed by atoms with Gasteiger partial charge in [-0.1, -0.05) is 39.0 Å². The highest BCUT2D eigenvalue weighted by Crippen LogP contribution is 2.30. The SMILES string of the molecule is C/C=C1/C=CC(C(C)(C)C)=CC1=NSN. The fourth-order valence-corrected chi connectivity index (χ4v) is 1.66. The zero-order valence-corrected chi connectivity index (χ0v) is 10.6. The molecule has 3 heteroatoms. The van der Waals surface area contributed by atoms with Crippen molar-refractivity contribution in [2.75, 3.05) is 0 Å². The lowest BCUT2D eigenvalue weighted by Crippen LogP contribution is -2.13. The Hall–Kier alpha value is -0.800. The molecule has 1 aliphatic carbocycles. The van der Waals surface area contributed by atoms with Crippen molar-refractivity contribution in [1.29, 1.82) is 0 Å². The molecule has 0 spiro atoms. The summed E-state index contributed by atoms with van der Waals surface area (Å²) in [4.78, 5) is 0. The summed E-state index contributed by atoms with van der Waals surface area (Å²) in [5.74, 6) is 0. The number of hydrogen-bond acceptors (Lipinski definition) is 3. The third-order valence-corrected chi connectivity index (χ3v) is 2.66. The average Bonchev–Trinajstić information content (AvgIpc) is 2.17. The normalized spacial score (nSPS) is 22.3. The van der Waals surface area contributed by atoms with Crippen molar-refractivity contribution in [3.8, 4) is 0 Å². The molecule has 0 radical (unpaired) electrons. The predicted molar refractivity (Wildman–Crippen MR) is 69.6 cm³/mol. The van der Waals surface area contributed by atoms with Crippen molar-refractivity contribution >= 4 is 17.8 Å². The van der Waals surface area contributed by atoms with Gasteiger partial charge in [-0.25, -0.2) is 0 Å². The summed E-state index contributed by atoms with van der Waals surface area (Å²) in [7, 11) is 0. The van der Waals surface area contributed by atoms with Gasteiger partial charge in [0.05, 0.1) is 17.8 Å². The topological polar surface area (TPSA) is 38.4 Å². The molecule has 1 rings (SSSR count). The fourth-order valence-electron chi connectivity index (χ4n) is 1.39. The molecular formula is C12H18N2S. The van der Waals surface area contributed by atoms with Crippen molar-refractivity contribution in [1.82, 2.24) is 0 Å². The molecule has 0 saturated carbocycles. The van der Waals surface area contributed by atoms with Gasteiger partial charge < -0.3 is 0 Å². The van der Waals surface area contributed by atoms with Gasteiger partial charge in [0, 0.05) is 0 Å². The van der Waals surface area contributed by atoms with Crippen LogP contribution < -0.4 is 5.14 Å². The average molecular weight is 222 g/mol. The minimum absolute atomic E-state index is 0.149. The Morgan fingerprint density at radius 1 is 1.33 bits per heavy atom. The number of allylic oxidation sites excluding steroid dienone is 6. The quantitative estimate of drug-likeness (QED) is 0.690. The fraction of sp³-hybridized carbons (Fsp3) is 0.417. The van der Waals surface area contributed by atoms with E-state index in [0.29, 0.717) is 0 Å². The zero-order valence-electron chi connectivity index (χ0n) is 9.74. The lowest BCUT2D eigenvalue weighted by molar-refractivity contribution is 0.517. The van der Waals surface area contributed by atoms with Crippen LogP contribution in [0.2, 0.25) is 0 Å². The van der Waals surface area contributed by atoms with Crippen molar-refractivity contribution < 1.29 is 0 Å². The molecule has 1 aliphatic rings. The molecule has 0 amide bonds. The summed E-state index contributed by atoms with van der Waals surface area (Å²) in [6, 6.07) is 0. The Kier molecular flexibility index (Phi) is 3.94. The first kappa shape index (κ1) is 12.3. The standard InChI is InChI=1S/C12H18N2S/c1-5-9-6-7-10(12(2,3)4)8-11(9)14-15-13/h5-8H,13H2,1-4H3/b9-5-,14-11?. The first-order valence-corrected chi connectivity index (χ1v) is 5.83. The second-order valence-electron chi connectivity index (χ2n) is 4.51. The molecule has 0 aromatic rings. The van der Waals surface area contributed by atoms with E-state index < -0.39 is 0 Å². The highest BCUT2D eigenvalue weighted by atomic mass is 32.2. The molecule has 0 bridgehead atoms. The maximum absolute atomic E-state index is 5.38. The molecule has 0 aromatic carbocycles. The lowest BCUT2D eigenvalue weighted by Gasteiger charge is -2.23. The van der Waals surface area contributed by atoms with Gasteiger partial charge in [0.2, 0.25) is 0 Å². The summed E-state index contributed by atoms with van der Waals surface area (Å²) in [6.45, 7) is 8.58. The van der Waals surface area contributed by atoms with Crippen molar-refractivity contribution in [2.45, 2.75) is 27.7 Å². The summed E-state index contributed by atoms with van der Waals surface area (Å²) in [5, 5.41) is 5.38. The number of nitrogens with two attached hydrogens (primary N) is 1. The second-order valence-corrected chi connectivity index (χ2v) is 4.90. The van der Waals surface area contributed by atoms with Crippen LogP contribution in [0.1, 0.15) is 27.7 Å². The highest BCUT2D eigenvalue weighted by molar-refractivity contribution is 7.95. The Bertz CT molecular complexity index is 354. The molecule has 15 heavy (non-hydrogen) atoms. The van der Waals surface area contributed by atoms with E-state index in [2.05, 4.69) is 43.4 Å². The largest absolute Gasteiger partial charge is 0.258 e. The van der Waals surface area contributed by atoms with Gasteiger partial charge in [0.15, 0.2) is 0 Å². The van der Waals surface area contributed by atoms with Gasteiger partial charge in [-0.15, -0.1) is 0 Å². The summed E-state index contributed by atoms with van der Waals surface area (Å²) in [6.07, 6.45) is 8.39. The molecule has 0 fully saturated rings. The Morgan fingerprint density at radius 3 is 2.47 bits per heavy atom. The minimum Gasteiger partial charge on any atom is -0.258 e. The maximum Gasteiger partial charge on any atom is 0.0799 e. The summed E-state index contributed by atoms with van der Waals surface area (Å²) in [5.41, 5.74) is 3.51. The summed E-state index contributed by atoms with van der Waals surface area (Å²) >= 11 is 1.01. The molecule has 0 saturated heterocycles. The zero-order chi connectivity index (χ0) is 11.5. The van der Waals surface area contributed by atoms with Crippen molar-refractivity contribution in [3.63, 3.8) is 0 Å². The monoisotopic (exact) mass is 222 g/mol. The first-order valence-electron chi connectivity index (χ1n) is 5.00. The van der Waals surface area contributed by atoms with Gasteiger partial charge in [-0.2, -0.15) is 4.40 Å². The van der Waals surface area contributed by atoms with E-state index in [1.165, 1.54) is 5.57 Å². The number of hydrogen-bond donors (Lipinski definition) is 1. The van der Waals surface area contributed by atoms with E-state index in [1.807, 2.05) is 13.0 Å². The van der Waals surface area contributed by atoms with Crippen LogP contribution in [0.25, 0.3) is 0 Å².